The number of nitrogens with zero attached hydrogens (tertiary/aromatic N) is 2. The first-order valence-corrected chi connectivity index (χ1v) is 6.88. The van der Waals surface area contributed by atoms with Crippen molar-refractivity contribution in [1.82, 2.24) is 4.98 Å². The number of anilines is 1. The van der Waals surface area contributed by atoms with Crippen molar-refractivity contribution < 1.29 is 14.6 Å². The fourth-order valence-electron chi connectivity index (χ4n) is 3.01. The Bertz CT molecular complexity index is 693. The van der Waals surface area contributed by atoms with E-state index in [1.54, 1.807) is 13.2 Å². The maximum Gasteiger partial charge on any atom is 0.336 e. The molecule has 0 spiro atoms. The molecule has 2 heterocycles. The number of ether oxygens (including phenoxy) is 1. The molecule has 1 aromatic carbocycles. The predicted octanol–water partition coefficient (Wildman–Crippen LogP) is 2.41. The highest BCUT2D eigenvalue weighted by Gasteiger charge is 2.38. The maximum absolute atomic E-state index is 11.3. The van der Waals surface area contributed by atoms with Crippen LogP contribution in [-0.4, -0.2) is 42.9 Å². The molecule has 1 aromatic heterocycles. The van der Waals surface area contributed by atoms with E-state index in [4.69, 9.17) is 4.74 Å². The second kappa shape index (κ2) is 5.00. The number of carboxylic acid groups (broad SMARTS) is 1. The summed E-state index contributed by atoms with van der Waals surface area (Å²) in [5.41, 5.74) is 2.21. The lowest BCUT2D eigenvalue weighted by Crippen LogP contribution is -2.57. The quantitative estimate of drug-likeness (QED) is 0.935. The lowest BCUT2D eigenvalue weighted by Gasteiger charge is -2.49. The number of rotatable bonds is 4. The Morgan fingerprint density at radius 1 is 1.43 bits per heavy atom. The highest BCUT2D eigenvalue weighted by Crippen LogP contribution is 2.35. The minimum atomic E-state index is -0.924. The third-order valence-electron chi connectivity index (χ3n) is 3.96. The zero-order chi connectivity index (χ0) is 15.0. The van der Waals surface area contributed by atoms with E-state index in [0.29, 0.717) is 16.5 Å². The van der Waals surface area contributed by atoms with Crippen molar-refractivity contribution in [3.8, 4) is 0 Å². The van der Waals surface area contributed by atoms with Gasteiger partial charge in [-0.3, -0.25) is 4.98 Å². The van der Waals surface area contributed by atoms with Crippen LogP contribution < -0.4 is 4.90 Å². The highest BCUT2D eigenvalue weighted by atomic mass is 16.5. The zero-order valence-corrected chi connectivity index (χ0v) is 12.2. The van der Waals surface area contributed by atoms with Crippen LogP contribution in [0.2, 0.25) is 0 Å². The van der Waals surface area contributed by atoms with Crippen molar-refractivity contribution in [3.63, 3.8) is 0 Å². The largest absolute Gasteiger partial charge is 0.478 e. The molecule has 0 atom stereocenters. The van der Waals surface area contributed by atoms with Crippen LogP contribution in [0.15, 0.2) is 30.5 Å². The van der Waals surface area contributed by atoms with Gasteiger partial charge < -0.3 is 14.7 Å². The molecule has 1 saturated heterocycles. The molecule has 0 unspecified atom stereocenters. The summed E-state index contributed by atoms with van der Waals surface area (Å²) in [6, 6.07) is 7.33. The van der Waals surface area contributed by atoms with Crippen LogP contribution in [0.25, 0.3) is 10.9 Å². The van der Waals surface area contributed by atoms with E-state index >= 15 is 0 Å². The normalized spacial score (nSPS) is 16.8. The number of fused-ring (bicyclic) bond motifs is 1. The number of benzene rings is 1. The molecule has 2 aromatic rings. The summed E-state index contributed by atoms with van der Waals surface area (Å²) in [4.78, 5) is 17.8. The lowest BCUT2D eigenvalue weighted by atomic mass is 9.82. The van der Waals surface area contributed by atoms with Gasteiger partial charge in [-0.15, -0.1) is 0 Å². The van der Waals surface area contributed by atoms with Gasteiger partial charge in [0.15, 0.2) is 0 Å². The van der Waals surface area contributed by atoms with Crippen LogP contribution in [0.5, 0.6) is 0 Å². The average Bonchev–Trinajstić information content (AvgIpc) is 2.43. The molecule has 1 aliphatic heterocycles. The number of pyridine rings is 1. The minimum Gasteiger partial charge on any atom is -0.478 e. The Balaban J connectivity index is 1.92. The van der Waals surface area contributed by atoms with Crippen LogP contribution in [0.4, 0.5) is 5.69 Å². The number of hydrogen-bond donors (Lipinski definition) is 1. The van der Waals surface area contributed by atoms with Crippen molar-refractivity contribution in [1.29, 1.82) is 0 Å². The Morgan fingerprint density at radius 2 is 2.19 bits per heavy atom. The molecule has 0 amide bonds. The van der Waals surface area contributed by atoms with E-state index in [-0.39, 0.29) is 5.41 Å². The Labute approximate surface area is 123 Å². The molecule has 0 bridgehead atoms. The van der Waals surface area contributed by atoms with Crippen molar-refractivity contribution in [3.05, 3.63) is 36.0 Å². The van der Waals surface area contributed by atoms with Gasteiger partial charge in [0, 0.05) is 42.9 Å². The summed E-state index contributed by atoms with van der Waals surface area (Å²) in [7, 11) is 1.72. The Morgan fingerprint density at radius 3 is 2.86 bits per heavy atom. The van der Waals surface area contributed by atoms with Crippen LogP contribution in [0, 0.1) is 5.41 Å². The third kappa shape index (κ3) is 2.45. The van der Waals surface area contributed by atoms with E-state index in [9.17, 15) is 9.90 Å². The van der Waals surface area contributed by atoms with Gasteiger partial charge in [-0.2, -0.15) is 0 Å². The molecule has 1 aliphatic rings. The molecule has 110 valence electrons. The van der Waals surface area contributed by atoms with E-state index in [1.807, 2.05) is 18.2 Å². The van der Waals surface area contributed by atoms with Crippen molar-refractivity contribution in [2.45, 2.75) is 6.92 Å². The highest BCUT2D eigenvalue weighted by molar-refractivity contribution is 6.03. The summed E-state index contributed by atoms with van der Waals surface area (Å²) in [6.45, 7) is 4.75. The van der Waals surface area contributed by atoms with Gasteiger partial charge in [-0.05, 0) is 24.3 Å². The molecular formula is C16H18N2O3. The standard InChI is InChI=1S/C16H18N2O3/c1-16(10-21-2)8-18(9-16)11-3-4-14-13(7-11)12(15(19)20)5-6-17-14/h3-7H,8-10H2,1-2H3,(H,19,20). The fourth-order valence-corrected chi connectivity index (χ4v) is 3.01. The van der Waals surface area contributed by atoms with Crippen LogP contribution >= 0.6 is 0 Å². The van der Waals surface area contributed by atoms with Gasteiger partial charge in [0.05, 0.1) is 17.7 Å². The van der Waals surface area contributed by atoms with E-state index in [1.165, 1.54) is 6.20 Å². The molecule has 5 heteroatoms. The Hall–Kier alpha value is -2.14. The summed E-state index contributed by atoms with van der Waals surface area (Å²) in [5, 5.41) is 9.96. The third-order valence-corrected chi connectivity index (χ3v) is 3.96. The second-order valence-electron chi connectivity index (χ2n) is 5.96. The summed E-state index contributed by atoms with van der Waals surface area (Å²) >= 11 is 0. The van der Waals surface area contributed by atoms with Crippen molar-refractivity contribution in [2.75, 3.05) is 31.7 Å². The lowest BCUT2D eigenvalue weighted by molar-refractivity contribution is 0.0697. The molecular weight excluding hydrogens is 268 g/mol. The smallest absolute Gasteiger partial charge is 0.336 e. The Kier molecular flexibility index (Phi) is 3.29. The summed E-state index contributed by atoms with van der Waals surface area (Å²) in [6.07, 6.45) is 1.53. The van der Waals surface area contributed by atoms with Gasteiger partial charge in [0.25, 0.3) is 0 Å². The minimum absolute atomic E-state index is 0.175. The molecule has 0 radical (unpaired) electrons. The molecule has 21 heavy (non-hydrogen) atoms. The molecule has 1 fully saturated rings. The SMILES string of the molecule is COCC1(C)CN(c2ccc3nccc(C(=O)O)c3c2)C1. The predicted molar refractivity (Wildman–Crippen MR) is 80.9 cm³/mol. The molecule has 1 N–H and O–H groups in total. The number of methoxy groups -OCH3 is 1. The summed E-state index contributed by atoms with van der Waals surface area (Å²) < 4.78 is 5.24. The van der Waals surface area contributed by atoms with E-state index in [0.717, 1.165) is 25.4 Å². The number of carboxylic acids is 1. The molecule has 5 nitrogen and oxygen atoms in total. The first-order chi connectivity index (χ1) is 10.0. The van der Waals surface area contributed by atoms with Gasteiger partial charge in [0.2, 0.25) is 0 Å². The second-order valence-corrected chi connectivity index (χ2v) is 5.96. The molecule has 0 aliphatic carbocycles. The van der Waals surface area contributed by atoms with Gasteiger partial charge >= 0.3 is 5.97 Å². The fraction of sp³-hybridized carbons (Fsp3) is 0.375. The van der Waals surface area contributed by atoms with E-state index < -0.39 is 5.97 Å². The maximum atomic E-state index is 11.3. The monoisotopic (exact) mass is 286 g/mol. The van der Waals surface area contributed by atoms with Gasteiger partial charge in [-0.25, -0.2) is 4.79 Å². The average molecular weight is 286 g/mol. The first-order valence-electron chi connectivity index (χ1n) is 6.88. The number of aromatic carboxylic acids is 1. The summed E-state index contributed by atoms with van der Waals surface area (Å²) in [5.74, 6) is -0.924. The number of aromatic nitrogens is 1. The molecule has 3 rings (SSSR count). The van der Waals surface area contributed by atoms with Crippen LogP contribution in [0.3, 0.4) is 0 Å². The van der Waals surface area contributed by atoms with Crippen molar-refractivity contribution in [2.24, 2.45) is 5.41 Å². The van der Waals surface area contributed by atoms with Crippen LogP contribution in [0.1, 0.15) is 17.3 Å². The number of hydrogen-bond acceptors (Lipinski definition) is 4. The topological polar surface area (TPSA) is 62.7 Å². The number of carbonyl (C=O) groups is 1. The zero-order valence-electron chi connectivity index (χ0n) is 12.2. The van der Waals surface area contributed by atoms with Gasteiger partial charge in [0.1, 0.15) is 0 Å². The van der Waals surface area contributed by atoms with Crippen molar-refractivity contribution >= 4 is 22.6 Å². The van der Waals surface area contributed by atoms with Gasteiger partial charge in [-0.1, -0.05) is 6.92 Å². The first kappa shape index (κ1) is 13.8. The molecule has 0 saturated carbocycles. The van der Waals surface area contributed by atoms with E-state index in [2.05, 4.69) is 16.8 Å². The van der Waals surface area contributed by atoms with Crippen LogP contribution in [-0.2, 0) is 4.74 Å².